The quantitative estimate of drug-likeness (QED) is 0.318. The Morgan fingerprint density at radius 3 is 2.06 bits per heavy atom. The minimum absolute atomic E-state index is 0.184. The van der Waals surface area contributed by atoms with E-state index in [1.165, 1.54) is 22.4 Å². The predicted molar refractivity (Wildman–Crippen MR) is 150 cm³/mol. The van der Waals surface area contributed by atoms with Gasteiger partial charge in [-0.25, -0.2) is 0 Å². The largest absolute Gasteiger partial charge is 0.493 e. The summed E-state index contributed by atoms with van der Waals surface area (Å²) in [6, 6.07) is 14.8. The number of allylic oxidation sites excluding steroid dienone is 1. The third-order valence-electron chi connectivity index (χ3n) is 7.91. The van der Waals surface area contributed by atoms with Crippen LogP contribution in [0.1, 0.15) is 12.0 Å². The summed E-state index contributed by atoms with van der Waals surface area (Å²) in [6.07, 6.45) is 6.15. The zero-order valence-electron chi connectivity index (χ0n) is 21.6. The van der Waals surface area contributed by atoms with E-state index in [2.05, 4.69) is 107 Å². The van der Waals surface area contributed by atoms with Gasteiger partial charge in [0, 0.05) is 26.7 Å². The lowest BCUT2D eigenvalue weighted by atomic mass is 9.90. The molecule has 0 saturated heterocycles. The summed E-state index contributed by atoms with van der Waals surface area (Å²) in [6.45, 7) is 23.9. The van der Waals surface area contributed by atoms with Crippen LogP contribution in [-0.4, -0.2) is 37.2 Å². The summed E-state index contributed by atoms with van der Waals surface area (Å²) in [5.74, 6) is 1.50. The molecule has 0 N–H and O–H groups in total. The number of rotatable bonds is 4. The van der Waals surface area contributed by atoms with Crippen molar-refractivity contribution in [1.82, 2.24) is 0 Å². The van der Waals surface area contributed by atoms with Crippen LogP contribution in [0.5, 0.6) is 5.75 Å². The van der Waals surface area contributed by atoms with E-state index in [1.807, 2.05) is 0 Å². The monoisotopic (exact) mass is 498 g/mol. The van der Waals surface area contributed by atoms with Crippen LogP contribution < -0.4 is 4.74 Å². The van der Waals surface area contributed by atoms with E-state index in [-0.39, 0.29) is 5.22 Å². The number of ether oxygens (including phenoxy) is 1. The zero-order valence-corrected chi connectivity index (χ0v) is 25.6. The molecule has 0 saturated carbocycles. The molecule has 2 aromatic carbocycles. The SMILES string of the molecule is C[Si](C)(C)OC12c3cc4ccccc4cc3OCCC1C=CC[Si]2([Si](C)(C)C)[Si](C)(C)C. The highest BCUT2D eigenvalue weighted by Crippen LogP contribution is 2.59. The fourth-order valence-corrected chi connectivity index (χ4v) is 59.0. The van der Waals surface area contributed by atoms with E-state index < -0.39 is 30.6 Å². The molecule has 0 amide bonds. The Hall–Kier alpha value is -0.932. The molecule has 2 nitrogen and oxygen atoms in total. The van der Waals surface area contributed by atoms with E-state index in [0.29, 0.717) is 5.92 Å². The van der Waals surface area contributed by atoms with Gasteiger partial charge in [-0.05, 0) is 55.0 Å². The number of benzene rings is 2. The molecule has 2 aliphatic rings. The molecule has 2 heterocycles. The summed E-state index contributed by atoms with van der Waals surface area (Å²) in [5, 5.41) is 2.40. The minimum Gasteiger partial charge on any atom is -0.493 e. The van der Waals surface area contributed by atoms with E-state index in [1.54, 1.807) is 0 Å². The highest BCUT2D eigenvalue weighted by atomic mass is 29.6. The second-order valence-corrected chi connectivity index (χ2v) is 44.9. The van der Waals surface area contributed by atoms with Crippen LogP contribution in [0.25, 0.3) is 10.8 Å². The molecular weight excluding hydrogens is 457 g/mol. The van der Waals surface area contributed by atoms with Gasteiger partial charge in [0.05, 0.1) is 18.9 Å². The molecule has 0 bridgehead atoms. The second kappa shape index (κ2) is 7.80. The predicted octanol–water partition coefficient (Wildman–Crippen LogP) is 7.68. The van der Waals surface area contributed by atoms with Gasteiger partial charge in [0.15, 0.2) is 8.32 Å². The third-order valence-corrected chi connectivity index (χ3v) is 49.3. The number of fused-ring (bicyclic) bond motifs is 4. The van der Waals surface area contributed by atoms with Crippen LogP contribution in [-0.2, 0) is 9.65 Å². The molecule has 174 valence electrons. The van der Waals surface area contributed by atoms with Crippen molar-refractivity contribution >= 4 is 41.4 Å². The Bertz CT molecular complexity index is 1030. The number of hydrogen-bond acceptors (Lipinski definition) is 2. The van der Waals surface area contributed by atoms with Gasteiger partial charge in [0.2, 0.25) is 0 Å². The first-order valence-corrected chi connectivity index (χ1v) is 26.9. The summed E-state index contributed by atoms with van der Waals surface area (Å²) in [7, 11) is -7.01. The zero-order chi connectivity index (χ0) is 23.6. The van der Waals surface area contributed by atoms with Crippen molar-refractivity contribution in [3.63, 3.8) is 0 Å². The van der Waals surface area contributed by atoms with Crippen LogP contribution >= 0.6 is 0 Å². The molecular formula is C26H42O2Si4. The van der Waals surface area contributed by atoms with Crippen molar-refractivity contribution in [2.45, 2.75) is 76.6 Å². The Morgan fingerprint density at radius 2 is 1.50 bits per heavy atom. The molecule has 0 radical (unpaired) electrons. The van der Waals surface area contributed by atoms with E-state index in [0.717, 1.165) is 18.8 Å². The molecule has 4 rings (SSSR count). The first-order valence-electron chi connectivity index (χ1n) is 12.3. The summed E-state index contributed by atoms with van der Waals surface area (Å²) >= 11 is 0. The van der Waals surface area contributed by atoms with Gasteiger partial charge in [0.1, 0.15) is 5.75 Å². The van der Waals surface area contributed by atoms with Gasteiger partial charge in [0.25, 0.3) is 0 Å². The number of hydrogen-bond donors (Lipinski definition) is 0. The molecule has 0 aliphatic carbocycles. The summed E-state index contributed by atoms with van der Waals surface area (Å²) in [5.41, 5.74) is 1.39. The maximum Gasteiger partial charge on any atom is 0.184 e. The fraction of sp³-hybridized carbons (Fsp3) is 0.538. The fourth-order valence-electron chi connectivity index (χ4n) is 7.22. The van der Waals surface area contributed by atoms with Crippen molar-refractivity contribution < 1.29 is 9.16 Å². The van der Waals surface area contributed by atoms with Crippen LogP contribution in [0.3, 0.4) is 0 Å². The normalized spacial score (nSPS) is 25.6. The Kier molecular flexibility index (Phi) is 5.90. The van der Waals surface area contributed by atoms with Gasteiger partial charge in [-0.3, -0.25) is 0 Å². The first kappa shape index (κ1) is 24.2. The van der Waals surface area contributed by atoms with Gasteiger partial charge in [-0.1, -0.05) is 75.7 Å². The smallest absolute Gasteiger partial charge is 0.184 e. The van der Waals surface area contributed by atoms with Crippen LogP contribution in [0.2, 0.25) is 65.0 Å². The highest BCUT2D eigenvalue weighted by Gasteiger charge is 2.71. The maximum atomic E-state index is 7.73. The lowest BCUT2D eigenvalue weighted by molar-refractivity contribution is 0.0889. The standard InChI is InChI=1S/C26H42O2Si4/c1-29(2,3)28-26-23(15-12-18-32(26,30(4,5)6)31(7,8)9)16-17-27-25-20-22-14-11-10-13-21(22)19-24(25)26/h10-15,19-20,23H,16-18H2,1-9H3. The van der Waals surface area contributed by atoms with Crippen LogP contribution in [0, 0.1) is 5.92 Å². The van der Waals surface area contributed by atoms with Gasteiger partial charge in [-0.15, -0.1) is 0 Å². The average Bonchev–Trinajstić information content (AvgIpc) is 2.79. The third kappa shape index (κ3) is 3.57. The van der Waals surface area contributed by atoms with Gasteiger partial charge in [-0.2, -0.15) is 0 Å². The lowest BCUT2D eigenvalue weighted by Crippen LogP contribution is -2.84. The van der Waals surface area contributed by atoms with Crippen molar-refractivity contribution in [3.05, 3.63) is 54.1 Å². The molecule has 2 aromatic rings. The van der Waals surface area contributed by atoms with Gasteiger partial charge >= 0.3 is 0 Å². The first-order chi connectivity index (χ1) is 14.7. The topological polar surface area (TPSA) is 18.5 Å². The Balaban J connectivity index is 2.19. The molecule has 2 atom stereocenters. The molecule has 6 heteroatoms. The van der Waals surface area contributed by atoms with Crippen molar-refractivity contribution in [2.24, 2.45) is 5.92 Å². The van der Waals surface area contributed by atoms with Crippen LogP contribution in [0.15, 0.2) is 48.6 Å². The van der Waals surface area contributed by atoms with Crippen molar-refractivity contribution in [3.8, 4) is 5.75 Å². The Morgan fingerprint density at radius 1 is 0.906 bits per heavy atom. The van der Waals surface area contributed by atoms with Crippen molar-refractivity contribution in [1.29, 1.82) is 0 Å². The maximum absolute atomic E-state index is 7.73. The Labute approximate surface area is 199 Å². The molecule has 0 fully saturated rings. The lowest BCUT2D eigenvalue weighted by Gasteiger charge is -2.65. The summed E-state index contributed by atoms with van der Waals surface area (Å²) in [4.78, 5) is 0. The molecule has 32 heavy (non-hydrogen) atoms. The molecule has 2 unspecified atom stereocenters. The van der Waals surface area contributed by atoms with Crippen LogP contribution in [0.4, 0.5) is 0 Å². The summed E-state index contributed by atoms with van der Waals surface area (Å²) < 4.78 is 14.3. The molecule has 0 aromatic heterocycles. The van der Waals surface area contributed by atoms with Crippen molar-refractivity contribution in [2.75, 3.05) is 6.61 Å². The average molecular weight is 499 g/mol. The highest BCUT2D eigenvalue weighted by molar-refractivity contribution is 7.69. The van der Waals surface area contributed by atoms with E-state index >= 15 is 0 Å². The van der Waals surface area contributed by atoms with Gasteiger partial charge < -0.3 is 9.16 Å². The minimum atomic E-state index is -1.96. The van der Waals surface area contributed by atoms with E-state index in [4.69, 9.17) is 9.16 Å². The molecule has 0 spiro atoms. The molecule has 2 aliphatic heterocycles. The second-order valence-electron chi connectivity index (χ2n) is 12.9. The van der Waals surface area contributed by atoms with E-state index in [9.17, 15) is 0 Å².